The Kier molecular flexibility index (Phi) is 50.7. The number of rotatable bonds is 14. The van der Waals surface area contributed by atoms with Gasteiger partial charge in [-0.25, -0.2) is 4.98 Å². The first kappa shape index (κ1) is 117. The van der Waals surface area contributed by atoms with Gasteiger partial charge in [0.25, 0.3) is 0 Å². The molecule has 16 heteroatoms. The lowest BCUT2D eigenvalue weighted by Gasteiger charge is -2.45. The molecular formula is C110H168Cl2F3N7O4. The van der Waals surface area contributed by atoms with E-state index in [4.69, 9.17) is 27.9 Å². The third kappa shape index (κ3) is 39.8. The Morgan fingerprint density at radius 2 is 0.889 bits per heavy atom. The molecule has 7 heterocycles. The number of carbonyl (C=O) groups is 3. The number of hydrogen-bond donors (Lipinski definition) is 0. The van der Waals surface area contributed by atoms with Crippen molar-refractivity contribution in [1.29, 1.82) is 0 Å². The number of pyridine rings is 5. The number of piperazine rings is 1. The van der Waals surface area contributed by atoms with E-state index in [0.29, 0.717) is 74.2 Å². The van der Waals surface area contributed by atoms with Crippen molar-refractivity contribution in [1.82, 2.24) is 29.8 Å². The van der Waals surface area contributed by atoms with Crippen molar-refractivity contribution in [2.75, 3.05) is 37.7 Å². The number of aryl methyl sites for hydroxylation is 5. The van der Waals surface area contributed by atoms with Gasteiger partial charge in [0.15, 0.2) is 17.3 Å². The molecule has 1 atom stereocenters. The lowest BCUT2D eigenvalue weighted by atomic mass is 9.66. The monoisotopic (exact) mass is 1780 g/mol. The van der Waals surface area contributed by atoms with E-state index in [2.05, 4.69) is 289 Å². The molecule has 3 aromatic carbocycles. The molecule has 702 valence electrons. The van der Waals surface area contributed by atoms with Gasteiger partial charge < -0.3 is 9.64 Å². The molecule has 1 saturated carbocycles. The van der Waals surface area contributed by atoms with Crippen LogP contribution in [0, 0.1) is 63.2 Å². The zero-order valence-corrected chi connectivity index (χ0v) is 85.6. The number of anilines is 1. The van der Waals surface area contributed by atoms with E-state index in [1.54, 1.807) is 52.2 Å². The number of Topliss-reactive ketones (excluding diaryl/α,β-unsaturated/α-hetero) is 3. The first-order chi connectivity index (χ1) is 57.8. The second kappa shape index (κ2) is 54.9. The molecular weight excluding hydrogens is 1610 g/mol. The Bertz CT molecular complexity index is 4470. The lowest BCUT2D eigenvalue weighted by molar-refractivity contribution is -0.138. The van der Waals surface area contributed by atoms with Gasteiger partial charge in [0, 0.05) is 104 Å². The minimum absolute atomic E-state index is 0. The van der Waals surface area contributed by atoms with Gasteiger partial charge in [-0.3, -0.25) is 39.2 Å². The third-order valence-electron chi connectivity index (χ3n) is 24.3. The number of hydrogen-bond acceptors (Lipinski definition) is 11. The molecule has 0 amide bonds. The van der Waals surface area contributed by atoms with Gasteiger partial charge in [-0.2, -0.15) is 13.2 Å². The third-order valence-corrected chi connectivity index (χ3v) is 24.8. The summed E-state index contributed by atoms with van der Waals surface area (Å²) in [5, 5.41) is 1.28. The zero-order chi connectivity index (χ0) is 95.6. The summed E-state index contributed by atoms with van der Waals surface area (Å²) in [6.45, 7) is 81.6. The van der Waals surface area contributed by atoms with E-state index in [9.17, 15) is 27.6 Å². The fraction of sp³-hybridized carbons (Fsp3) is 0.582. The van der Waals surface area contributed by atoms with E-state index in [1.165, 1.54) is 83.8 Å². The Balaban J connectivity index is 0.000000701. The fourth-order valence-electron chi connectivity index (χ4n) is 15.8. The summed E-state index contributed by atoms with van der Waals surface area (Å²) in [5.41, 5.74) is 16.8. The predicted octanol–water partition coefficient (Wildman–Crippen LogP) is 32.4. The van der Waals surface area contributed by atoms with Crippen molar-refractivity contribution < 1.29 is 32.3 Å². The molecule has 1 aliphatic carbocycles. The van der Waals surface area contributed by atoms with E-state index >= 15 is 0 Å². The van der Waals surface area contributed by atoms with E-state index < -0.39 is 17.5 Å². The maximum absolute atomic E-state index is 12.7. The minimum atomic E-state index is -4.48. The average Bonchev–Trinajstić information content (AvgIpc) is 0.795. The molecule has 3 fully saturated rings. The maximum Gasteiger partial charge on any atom is 0.417 e. The Hall–Kier alpha value is -7.49. The van der Waals surface area contributed by atoms with Crippen molar-refractivity contribution in [3.63, 3.8) is 0 Å². The summed E-state index contributed by atoms with van der Waals surface area (Å²) < 4.78 is 43.8. The summed E-state index contributed by atoms with van der Waals surface area (Å²) in [6.07, 6.45) is 8.94. The van der Waals surface area contributed by atoms with Crippen LogP contribution in [0.3, 0.4) is 0 Å². The first-order valence-corrected chi connectivity index (χ1v) is 46.7. The van der Waals surface area contributed by atoms with Gasteiger partial charge in [-0.15, -0.1) is 0 Å². The molecule has 2 aliphatic heterocycles. The normalized spacial score (nSPS) is 16.7. The number of nitrogens with zero attached hydrogens (tertiary/aromatic N) is 7. The molecule has 11 rings (SSSR count). The van der Waals surface area contributed by atoms with E-state index in [-0.39, 0.29) is 41.5 Å². The van der Waals surface area contributed by atoms with Crippen LogP contribution in [-0.2, 0) is 16.3 Å². The van der Waals surface area contributed by atoms with E-state index in [0.717, 1.165) is 103 Å². The highest BCUT2D eigenvalue weighted by atomic mass is 35.5. The number of ether oxygens (including phenoxy) is 1. The second-order valence-electron chi connectivity index (χ2n) is 39.7. The quantitative estimate of drug-likeness (QED) is 0.0964. The summed E-state index contributed by atoms with van der Waals surface area (Å²) >= 11 is 11.7. The van der Waals surface area contributed by atoms with Crippen LogP contribution in [-0.4, -0.2) is 91.6 Å². The van der Waals surface area contributed by atoms with Gasteiger partial charge in [-0.05, 0) is 270 Å². The van der Waals surface area contributed by atoms with Crippen LogP contribution in [0.5, 0.6) is 0 Å². The molecule has 11 nitrogen and oxygen atoms in total. The highest BCUT2D eigenvalue weighted by Gasteiger charge is 2.40. The van der Waals surface area contributed by atoms with Crippen LogP contribution < -0.4 is 4.90 Å². The number of carbonyl (C=O) groups excluding carboxylic acids is 3. The molecule has 0 bridgehead atoms. The fourth-order valence-corrected chi connectivity index (χ4v) is 16.3. The lowest BCUT2D eigenvalue weighted by Crippen LogP contribution is -2.49. The number of ketones is 3. The van der Waals surface area contributed by atoms with E-state index in [1.807, 2.05) is 63.4 Å². The second-order valence-corrected chi connectivity index (χ2v) is 40.6. The SMILES string of the molecule is C.CC(=O)c1c(C(C)C)cccc1C(F)(F)F.CC(=O)c1c(Cl)cccc1C(C)C.CC(=O)c1ncccc1C(C)C.CC(C)N1CCN(c2ccccn2)CC1.CC(C)[C@@]1(C)CCOC(C)(C)C1.CC(C)c1ccccc1C(C)(C)C.CC1CCC(C)(C(C)C)CC1.Cc1ccc(C(C)C)c(C)n1.Cc1ccc(C(C)C)c(C)n1.Cc1ncc(Cl)cc1C(C)C. The van der Waals surface area contributed by atoms with Crippen molar-refractivity contribution in [3.05, 3.63) is 245 Å². The summed E-state index contributed by atoms with van der Waals surface area (Å²) in [4.78, 5) is 60.0. The topological polar surface area (TPSA) is 131 Å². The number of benzene rings is 3. The maximum atomic E-state index is 12.7. The minimum Gasteiger partial charge on any atom is -0.376 e. The Morgan fingerprint density at radius 3 is 1.25 bits per heavy atom. The molecule has 0 spiro atoms. The molecule has 0 N–H and O–H groups in total. The summed E-state index contributed by atoms with van der Waals surface area (Å²) in [5.74, 6) is 6.14. The van der Waals surface area contributed by atoms with Crippen LogP contribution in [0.15, 0.2) is 140 Å². The van der Waals surface area contributed by atoms with Crippen molar-refractivity contribution in [2.45, 2.75) is 360 Å². The smallest absolute Gasteiger partial charge is 0.376 e. The Labute approximate surface area is 775 Å². The zero-order valence-electron chi connectivity index (χ0n) is 84.1. The molecule has 8 aromatic rings. The number of halogens is 5. The number of aromatic nitrogens is 5. The van der Waals surface area contributed by atoms with Crippen LogP contribution >= 0.6 is 23.2 Å². The van der Waals surface area contributed by atoms with Gasteiger partial charge in [0.05, 0.1) is 21.2 Å². The highest BCUT2D eigenvalue weighted by molar-refractivity contribution is 6.34. The molecule has 0 unspecified atom stereocenters. The van der Waals surface area contributed by atoms with Crippen molar-refractivity contribution in [3.8, 4) is 0 Å². The standard InChI is InChI=1S/C13H20.C12H13F3O.C12H19N3.C11H13ClO.C11H22O.C11H22.C10H13NO.2C10H15N.C9H12ClN.CH4/c1-10(2)11-8-6-7-9-12(11)13(3,4)5;1-7(2)9-5-4-6-10(12(13,14)15)11(9)8(3)16;1-11(2)14-7-9-15(10-8-14)12-5-3-4-6-13-12;1-7(2)9-5-4-6-10(12)11(9)8(3)13;1-9(2)11(5)6-7-12-10(3,4)8-11;1-9(2)11(4)7-5-10(3)6-8-11;1-7(2)9-5-4-6-11-10(9)8(3)12;2*1-7(2)10-6-5-8(3)11-9(10)4;1-6(2)9-4-8(10)5-11-7(9)3;/h6-10H,1-5H3;4-7H,1-3H3;3-6,11H,7-10H2,1-2H3;4-7H,1-3H3;9H,6-8H2,1-5H3;9-10H,5-8H2,1-4H3;4-7H,1-3H3;2*5-7H,1-4H3;4-6H,1-3H3;1H4/t;;;;11-;;;;;;/m....0....../s1. The van der Waals surface area contributed by atoms with Crippen molar-refractivity contribution >= 4 is 46.4 Å². The summed E-state index contributed by atoms with van der Waals surface area (Å²) in [7, 11) is 0. The van der Waals surface area contributed by atoms with Crippen molar-refractivity contribution in [2.24, 2.45) is 28.6 Å². The van der Waals surface area contributed by atoms with Crippen LogP contribution in [0.4, 0.5) is 19.0 Å². The molecule has 126 heavy (non-hydrogen) atoms. The number of alkyl halides is 3. The largest absolute Gasteiger partial charge is 0.417 e. The van der Waals surface area contributed by atoms with Gasteiger partial charge >= 0.3 is 6.18 Å². The van der Waals surface area contributed by atoms with Gasteiger partial charge in [-0.1, -0.05) is 282 Å². The highest BCUT2D eigenvalue weighted by Crippen LogP contribution is 2.45. The molecule has 3 aliphatic rings. The summed E-state index contributed by atoms with van der Waals surface area (Å²) in [6, 6.07) is 39.2. The van der Waals surface area contributed by atoms with Gasteiger partial charge in [0.1, 0.15) is 11.5 Å². The molecule has 5 aromatic heterocycles. The van der Waals surface area contributed by atoms with Crippen LogP contribution in [0.2, 0.25) is 10.0 Å². The molecule has 2 saturated heterocycles. The first-order valence-electron chi connectivity index (χ1n) is 45.9. The van der Waals surface area contributed by atoms with Crippen LogP contribution in [0.25, 0.3) is 0 Å². The Morgan fingerprint density at radius 1 is 0.460 bits per heavy atom. The molecule has 0 radical (unpaired) electrons. The van der Waals surface area contributed by atoms with Crippen LogP contribution in [0.1, 0.15) is 412 Å². The van der Waals surface area contributed by atoms with Gasteiger partial charge in [0.2, 0.25) is 0 Å². The predicted molar refractivity (Wildman–Crippen MR) is 535 cm³/mol. The average molecular weight is 1780 g/mol.